The van der Waals surface area contributed by atoms with E-state index in [1.165, 1.54) is 11.8 Å². The molecule has 0 rings (SSSR count). The van der Waals surface area contributed by atoms with Crippen LogP contribution in [-0.4, -0.2) is 88.5 Å². The van der Waals surface area contributed by atoms with E-state index in [0.29, 0.717) is 25.1 Å². The van der Waals surface area contributed by atoms with Gasteiger partial charge in [-0.25, -0.2) is 4.79 Å². The van der Waals surface area contributed by atoms with Crippen LogP contribution < -0.4 is 33.2 Å². The normalized spacial score (nSPS) is 14.1. The van der Waals surface area contributed by atoms with E-state index < -0.39 is 66.2 Å². The Morgan fingerprint density at radius 1 is 0.778 bits per heavy atom. The van der Waals surface area contributed by atoms with E-state index in [1.54, 1.807) is 0 Å². The Kier molecular flexibility index (Phi) is 16.9. The van der Waals surface area contributed by atoms with Crippen molar-refractivity contribution in [1.29, 1.82) is 0 Å². The molecule has 4 amide bonds. The lowest BCUT2D eigenvalue weighted by molar-refractivity contribution is -0.143. The maximum absolute atomic E-state index is 13.0. The van der Waals surface area contributed by atoms with E-state index in [0.717, 1.165) is 0 Å². The lowest BCUT2D eigenvalue weighted by Gasteiger charge is -2.25. The minimum atomic E-state index is -1.46. The average molecular weight is 535 g/mol. The third-order valence-corrected chi connectivity index (χ3v) is 5.77. The van der Waals surface area contributed by atoms with Crippen molar-refractivity contribution in [3.8, 4) is 0 Å². The standard InChI is InChI=1S/C21H38N6O8S/c1-36-11-9-14(25-18(31)12(23)5-7-16(24)28)20(33)26-13(4-2-3-10-22)19(32)27-15(21(34)35)6-8-17(29)30/h12-15H,2-11,22-23H2,1H3,(H2,24,28)(H,25,31)(H,26,33)(H,27,32)(H,29,30)(H,34,35). The smallest absolute Gasteiger partial charge is 0.326 e. The molecule has 11 N–H and O–H groups in total. The van der Waals surface area contributed by atoms with Gasteiger partial charge in [-0.15, -0.1) is 0 Å². The van der Waals surface area contributed by atoms with E-state index in [1.807, 2.05) is 6.26 Å². The lowest BCUT2D eigenvalue weighted by Crippen LogP contribution is -2.57. The predicted molar refractivity (Wildman–Crippen MR) is 133 cm³/mol. The first kappa shape index (κ1) is 33.1. The van der Waals surface area contributed by atoms with Crippen molar-refractivity contribution in [3.63, 3.8) is 0 Å². The lowest BCUT2D eigenvalue weighted by atomic mass is 10.1. The molecule has 36 heavy (non-hydrogen) atoms. The zero-order valence-electron chi connectivity index (χ0n) is 20.4. The number of hydrogen-bond donors (Lipinski definition) is 8. The van der Waals surface area contributed by atoms with Crippen molar-refractivity contribution in [2.24, 2.45) is 17.2 Å². The molecule has 206 valence electrons. The molecule has 0 radical (unpaired) electrons. The number of hydrogen-bond acceptors (Lipinski definition) is 9. The molecular formula is C21H38N6O8S. The van der Waals surface area contributed by atoms with Crippen LogP contribution in [0.3, 0.4) is 0 Å². The summed E-state index contributed by atoms with van der Waals surface area (Å²) in [4.78, 5) is 71.5. The summed E-state index contributed by atoms with van der Waals surface area (Å²) in [6.45, 7) is 0.342. The fourth-order valence-electron chi connectivity index (χ4n) is 3.04. The number of primary amides is 1. The second kappa shape index (κ2) is 18.4. The molecule has 0 aliphatic carbocycles. The number of carbonyl (C=O) groups is 6. The Bertz CT molecular complexity index is 769. The van der Waals surface area contributed by atoms with E-state index >= 15 is 0 Å². The molecule has 0 aromatic rings. The van der Waals surface area contributed by atoms with Crippen LogP contribution in [0.5, 0.6) is 0 Å². The van der Waals surface area contributed by atoms with Gasteiger partial charge in [0.15, 0.2) is 0 Å². The highest BCUT2D eigenvalue weighted by Gasteiger charge is 2.30. The molecule has 0 fully saturated rings. The summed E-state index contributed by atoms with van der Waals surface area (Å²) in [5.41, 5.74) is 16.3. The van der Waals surface area contributed by atoms with Gasteiger partial charge in [-0.3, -0.25) is 24.0 Å². The van der Waals surface area contributed by atoms with Crippen LogP contribution in [0.15, 0.2) is 0 Å². The van der Waals surface area contributed by atoms with Crippen molar-refractivity contribution in [2.45, 2.75) is 75.5 Å². The van der Waals surface area contributed by atoms with Gasteiger partial charge in [0, 0.05) is 12.8 Å². The minimum Gasteiger partial charge on any atom is -0.481 e. The van der Waals surface area contributed by atoms with Crippen LogP contribution >= 0.6 is 11.8 Å². The summed E-state index contributed by atoms with van der Waals surface area (Å²) in [7, 11) is 0. The van der Waals surface area contributed by atoms with Crippen molar-refractivity contribution in [2.75, 3.05) is 18.6 Å². The van der Waals surface area contributed by atoms with Crippen molar-refractivity contribution in [1.82, 2.24) is 16.0 Å². The average Bonchev–Trinajstić information content (AvgIpc) is 2.81. The van der Waals surface area contributed by atoms with E-state index in [-0.39, 0.29) is 32.1 Å². The molecule has 4 atom stereocenters. The number of carbonyl (C=O) groups excluding carboxylic acids is 4. The minimum absolute atomic E-state index is 0.00489. The van der Waals surface area contributed by atoms with E-state index in [4.69, 9.17) is 22.3 Å². The Morgan fingerprint density at radius 2 is 1.33 bits per heavy atom. The number of carboxylic acids is 2. The maximum atomic E-state index is 13.0. The second-order valence-electron chi connectivity index (χ2n) is 8.13. The van der Waals surface area contributed by atoms with Crippen LogP contribution in [0.4, 0.5) is 0 Å². The summed E-state index contributed by atoms with van der Waals surface area (Å²) in [6.07, 6.45) is 2.23. The molecule has 0 aromatic heterocycles. The molecule has 0 saturated heterocycles. The number of nitrogens with one attached hydrogen (secondary N) is 3. The topological polar surface area (TPSA) is 257 Å². The Hall–Kier alpha value is -2.91. The third kappa shape index (κ3) is 14.5. The van der Waals surface area contributed by atoms with Crippen molar-refractivity contribution >= 4 is 47.3 Å². The van der Waals surface area contributed by atoms with Gasteiger partial charge in [0.05, 0.1) is 6.04 Å². The highest BCUT2D eigenvalue weighted by molar-refractivity contribution is 7.98. The highest BCUT2D eigenvalue weighted by atomic mass is 32.2. The quantitative estimate of drug-likeness (QED) is 0.0782. The summed E-state index contributed by atoms with van der Waals surface area (Å²) in [5, 5.41) is 25.5. The molecular weight excluding hydrogens is 496 g/mol. The molecule has 0 aromatic carbocycles. The largest absolute Gasteiger partial charge is 0.481 e. The van der Waals surface area contributed by atoms with Gasteiger partial charge in [0.1, 0.15) is 18.1 Å². The fraction of sp³-hybridized carbons (Fsp3) is 0.714. The number of carboxylic acid groups (broad SMARTS) is 2. The zero-order chi connectivity index (χ0) is 27.7. The van der Waals surface area contributed by atoms with Crippen LogP contribution in [0.2, 0.25) is 0 Å². The number of aliphatic carboxylic acids is 2. The molecule has 14 nitrogen and oxygen atoms in total. The fourth-order valence-corrected chi connectivity index (χ4v) is 3.51. The summed E-state index contributed by atoms with van der Waals surface area (Å²) in [6, 6.07) is -4.72. The van der Waals surface area contributed by atoms with Gasteiger partial charge in [-0.2, -0.15) is 11.8 Å². The Balaban J connectivity index is 5.47. The zero-order valence-corrected chi connectivity index (χ0v) is 21.2. The summed E-state index contributed by atoms with van der Waals surface area (Å²) >= 11 is 1.43. The highest BCUT2D eigenvalue weighted by Crippen LogP contribution is 2.07. The van der Waals surface area contributed by atoms with Crippen LogP contribution in [-0.2, 0) is 28.8 Å². The summed E-state index contributed by atoms with van der Waals surface area (Å²) in [5.74, 6) is -4.90. The molecule has 0 saturated carbocycles. The Labute approximate surface area is 213 Å². The number of rotatable bonds is 20. The Morgan fingerprint density at radius 3 is 1.83 bits per heavy atom. The monoisotopic (exact) mass is 534 g/mol. The third-order valence-electron chi connectivity index (χ3n) is 5.12. The number of amides is 4. The van der Waals surface area contributed by atoms with Crippen molar-refractivity contribution in [3.05, 3.63) is 0 Å². The van der Waals surface area contributed by atoms with Gasteiger partial charge < -0.3 is 43.4 Å². The van der Waals surface area contributed by atoms with E-state index in [9.17, 15) is 33.9 Å². The molecule has 0 spiro atoms. The van der Waals surface area contributed by atoms with Crippen LogP contribution in [0.1, 0.15) is 51.4 Å². The first-order valence-electron chi connectivity index (χ1n) is 11.5. The predicted octanol–water partition coefficient (Wildman–Crippen LogP) is -2.13. The molecule has 0 heterocycles. The molecule has 15 heteroatoms. The second-order valence-corrected chi connectivity index (χ2v) is 9.12. The van der Waals surface area contributed by atoms with Gasteiger partial charge in [-0.1, -0.05) is 0 Å². The van der Waals surface area contributed by atoms with E-state index in [2.05, 4.69) is 16.0 Å². The number of thioether (sulfide) groups is 1. The summed E-state index contributed by atoms with van der Waals surface area (Å²) < 4.78 is 0. The van der Waals surface area contributed by atoms with Gasteiger partial charge in [0.25, 0.3) is 0 Å². The van der Waals surface area contributed by atoms with Crippen molar-refractivity contribution < 1.29 is 39.0 Å². The SMILES string of the molecule is CSCCC(NC(=O)C(N)CCC(N)=O)C(=O)NC(CCCCN)C(=O)NC(CCC(=O)O)C(=O)O. The first-order valence-corrected chi connectivity index (χ1v) is 12.9. The first-order chi connectivity index (χ1) is 16.9. The maximum Gasteiger partial charge on any atom is 0.326 e. The molecule has 4 unspecified atom stereocenters. The van der Waals surface area contributed by atoms with Gasteiger partial charge in [0.2, 0.25) is 23.6 Å². The van der Waals surface area contributed by atoms with Gasteiger partial charge >= 0.3 is 11.9 Å². The molecule has 0 bridgehead atoms. The number of nitrogens with two attached hydrogens (primary N) is 3. The molecule has 0 aliphatic heterocycles. The van der Waals surface area contributed by atoms with Crippen LogP contribution in [0.25, 0.3) is 0 Å². The van der Waals surface area contributed by atoms with Crippen LogP contribution in [0, 0.1) is 0 Å². The van der Waals surface area contributed by atoms with Gasteiger partial charge in [-0.05, 0) is 57.1 Å². The number of unbranched alkanes of at least 4 members (excludes halogenated alkanes) is 1. The molecule has 0 aliphatic rings.